The number of hydrogen-bond acceptors (Lipinski definition) is 3. The van der Waals surface area contributed by atoms with E-state index < -0.39 is 5.60 Å². The molecule has 0 saturated heterocycles. The average molecular weight is 277 g/mol. The molecule has 0 saturated carbocycles. The number of aryl methyl sites for hydroxylation is 1. The lowest BCUT2D eigenvalue weighted by atomic mass is 9.87. The van der Waals surface area contributed by atoms with E-state index in [0.717, 1.165) is 25.0 Å². The molecule has 0 aliphatic heterocycles. The van der Waals surface area contributed by atoms with E-state index in [2.05, 4.69) is 31.3 Å². The van der Waals surface area contributed by atoms with Gasteiger partial charge in [-0.3, -0.25) is 0 Å². The molecule has 0 heterocycles. The number of ether oxygens (including phenoxy) is 1. The van der Waals surface area contributed by atoms with Gasteiger partial charge in [0.05, 0.1) is 12.7 Å². The highest BCUT2D eigenvalue weighted by molar-refractivity contribution is 5.37. The first-order valence-electron chi connectivity index (χ1n) is 7.54. The summed E-state index contributed by atoms with van der Waals surface area (Å²) >= 11 is 0. The number of benzene rings is 1. The molecule has 0 spiro atoms. The predicted molar refractivity (Wildman–Crippen MR) is 82.3 cm³/mol. The first kappa shape index (κ1) is 15.3. The maximum absolute atomic E-state index is 10.3. The number of rotatable bonds is 5. The van der Waals surface area contributed by atoms with Gasteiger partial charge in [0.15, 0.2) is 0 Å². The molecule has 112 valence electrons. The third-order valence-corrected chi connectivity index (χ3v) is 4.63. The van der Waals surface area contributed by atoms with E-state index in [4.69, 9.17) is 4.74 Å². The molecule has 20 heavy (non-hydrogen) atoms. The first-order valence-corrected chi connectivity index (χ1v) is 7.54. The lowest BCUT2D eigenvalue weighted by Crippen LogP contribution is -2.47. The second-order valence-electron chi connectivity index (χ2n) is 6.47. The Kier molecular flexibility index (Phi) is 4.71. The van der Waals surface area contributed by atoms with E-state index in [0.29, 0.717) is 12.6 Å². The van der Waals surface area contributed by atoms with Crippen LogP contribution in [0.3, 0.4) is 0 Å². The van der Waals surface area contributed by atoms with E-state index in [9.17, 15) is 5.11 Å². The highest BCUT2D eigenvalue weighted by Crippen LogP contribution is 2.26. The molecule has 0 aromatic heterocycles. The van der Waals surface area contributed by atoms with Gasteiger partial charge in [0.25, 0.3) is 0 Å². The quantitative estimate of drug-likeness (QED) is 0.869. The van der Waals surface area contributed by atoms with Crippen molar-refractivity contribution in [2.45, 2.75) is 51.7 Å². The van der Waals surface area contributed by atoms with Gasteiger partial charge in [-0.2, -0.15) is 0 Å². The molecular formula is C17H27NO2. The average Bonchev–Trinajstić information content (AvgIpc) is 2.44. The van der Waals surface area contributed by atoms with Crippen LogP contribution < -0.4 is 10.1 Å². The molecule has 0 radical (unpaired) electrons. The largest absolute Gasteiger partial charge is 0.497 e. The van der Waals surface area contributed by atoms with Crippen molar-refractivity contribution >= 4 is 0 Å². The fourth-order valence-corrected chi connectivity index (χ4v) is 2.59. The van der Waals surface area contributed by atoms with Crippen molar-refractivity contribution in [1.82, 2.24) is 5.32 Å². The highest BCUT2D eigenvalue weighted by Gasteiger charge is 2.27. The number of nitrogens with one attached hydrogen (secondary N) is 1. The van der Waals surface area contributed by atoms with Gasteiger partial charge < -0.3 is 15.2 Å². The Bertz CT molecular complexity index is 454. The van der Waals surface area contributed by atoms with E-state index in [1.54, 1.807) is 7.11 Å². The normalized spacial score (nSPS) is 21.4. The SMILES string of the molecule is COc1ccc2c(c1)CC(NCC(C)(O)C(C)C)CC2. The minimum absolute atomic E-state index is 0.256. The van der Waals surface area contributed by atoms with Gasteiger partial charge in [0.1, 0.15) is 5.75 Å². The lowest BCUT2D eigenvalue weighted by Gasteiger charge is -2.32. The van der Waals surface area contributed by atoms with Gasteiger partial charge in [-0.25, -0.2) is 0 Å². The molecule has 3 heteroatoms. The molecule has 2 unspecified atom stereocenters. The molecule has 3 nitrogen and oxygen atoms in total. The molecular weight excluding hydrogens is 250 g/mol. The zero-order chi connectivity index (χ0) is 14.8. The second-order valence-corrected chi connectivity index (χ2v) is 6.47. The molecule has 1 aliphatic rings. The Balaban J connectivity index is 1.97. The zero-order valence-corrected chi connectivity index (χ0v) is 13.1. The fourth-order valence-electron chi connectivity index (χ4n) is 2.59. The molecule has 0 fully saturated rings. The van der Waals surface area contributed by atoms with E-state index >= 15 is 0 Å². The van der Waals surface area contributed by atoms with Crippen molar-refractivity contribution in [3.8, 4) is 5.75 Å². The fraction of sp³-hybridized carbons (Fsp3) is 0.647. The van der Waals surface area contributed by atoms with E-state index in [1.165, 1.54) is 11.1 Å². The summed E-state index contributed by atoms with van der Waals surface area (Å²) in [6.07, 6.45) is 3.25. The molecule has 0 amide bonds. The summed E-state index contributed by atoms with van der Waals surface area (Å²) in [5.74, 6) is 1.18. The highest BCUT2D eigenvalue weighted by atomic mass is 16.5. The van der Waals surface area contributed by atoms with Crippen LogP contribution >= 0.6 is 0 Å². The van der Waals surface area contributed by atoms with Gasteiger partial charge >= 0.3 is 0 Å². The minimum atomic E-state index is -0.644. The summed E-state index contributed by atoms with van der Waals surface area (Å²) in [6, 6.07) is 6.80. The van der Waals surface area contributed by atoms with Gasteiger partial charge in [-0.1, -0.05) is 19.9 Å². The van der Waals surface area contributed by atoms with Gasteiger partial charge in [-0.15, -0.1) is 0 Å². The van der Waals surface area contributed by atoms with Crippen molar-refractivity contribution in [2.24, 2.45) is 5.92 Å². The number of hydrogen-bond donors (Lipinski definition) is 2. The molecule has 1 aromatic carbocycles. The zero-order valence-electron chi connectivity index (χ0n) is 13.1. The van der Waals surface area contributed by atoms with E-state index in [1.807, 2.05) is 13.0 Å². The van der Waals surface area contributed by atoms with Crippen LogP contribution in [0.15, 0.2) is 18.2 Å². The van der Waals surface area contributed by atoms with Crippen LogP contribution in [0.4, 0.5) is 0 Å². The van der Waals surface area contributed by atoms with E-state index in [-0.39, 0.29) is 5.92 Å². The number of aliphatic hydroxyl groups is 1. The number of fused-ring (bicyclic) bond motifs is 1. The minimum Gasteiger partial charge on any atom is -0.497 e. The standard InChI is InChI=1S/C17H27NO2/c1-12(2)17(3,19)11-18-15-7-5-13-6-8-16(20-4)10-14(13)9-15/h6,8,10,12,15,18-19H,5,7,9,11H2,1-4H3. The van der Waals surface area contributed by atoms with Crippen LogP contribution in [-0.2, 0) is 12.8 Å². The molecule has 2 N–H and O–H groups in total. The van der Waals surface area contributed by atoms with Crippen molar-refractivity contribution in [2.75, 3.05) is 13.7 Å². The van der Waals surface area contributed by atoms with Crippen molar-refractivity contribution in [1.29, 1.82) is 0 Å². The summed E-state index contributed by atoms with van der Waals surface area (Å²) in [5, 5.41) is 13.8. The summed E-state index contributed by atoms with van der Waals surface area (Å²) in [4.78, 5) is 0. The van der Waals surface area contributed by atoms with Crippen molar-refractivity contribution in [3.63, 3.8) is 0 Å². The Hall–Kier alpha value is -1.06. The summed E-state index contributed by atoms with van der Waals surface area (Å²) in [6.45, 7) is 6.67. The molecule has 1 aromatic rings. The maximum atomic E-state index is 10.3. The van der Waals surface area contributed by atoms with Crippen molar-refractivity contribution in [3.05, 3.63) is 29.3 Å². The topological polar surface area (TPSA) is 41.5 Å². The smallest absolute Gasteiger partial charge is 0.119 e. The third-order valence-electron chi connectivity index (χ3n) is 4.63. The number of methoxy groups -OCH3 is 1. The van der Waals surface area contributed by atoms with Gasteiger partial charge in [-0.05, 0) is 55.4 Å². The third kappa shape index (κ3) is 3.53. The summed E-state index contributed by atoms with van der Waals surface area (Å²) in [7, 11) is 1.71. The van der Waals surface area contributed by atoms with Crippen LogP contribution in [0, 0.1) is 5.92 Å². The second kappa shape index (κ2) is 6.15. The monoisotopic (exact) mass is 277 g/mol. The molecule has 2 rings (SSSR count). The van der Waals surface area contributed by atoms with Crippen LogP contribution in [0.25, 0.3) is 0 Å². The predicted octanol–water partition coefficient (Wildman–Crippen LogP) is 2.55. The lowest BCUT2D eigenvalue weighted by molar-refractivity contribution is 0.0114. The Morgan fingerprint density at radius 1 is 1.40 bits per heavy atom. The van der Waals surface area contributed by atoms with Crippen LogP contribution in [0.1, 0.15) is 38.3 Å². The maximum Gasteiger partial charge on any atom is 0.119 e. The Labute approximate surface area is 122 Å². The first-order chi connectivity index (χ1) is 9.42. The Morgan fingerprint density at radius 3 is 2.80 bits per heavy atom. The van der Waals surface area contributed by atoms with Gasteiger partial charge in [0.2, 0.25) is 0 Å². The van der Waals surface area contributed by atoms with Crippen LogP contribution in [0.2, 0.25) is 0 Å². The Morgan fingerprint density at radius 2 is 2.15 bits per heavy atom. The van der Waals surface area contributed by atoms with Crippen LogP contribution in [-0.4, -0.2) is 30.4 Å². The van der Waals surface area contributed by atoms with Gasteiger partial charge in [0, 0.05) is 12.6 Å². The molecule has 2 atom stereocenters. The molecule has 1 aliphatic carbocycles. The summed E-state index contributed by atoms with van der Waals surface area (Å²) < 4.78 is 5.30. The summed E-state index contributed by atoms with van der Waals surface area (Å²) in [5.41, 5.74) is 2.16. The van der Waals surface area contributed by atoms with Crippen molar-refractivity contribution < 1.29 is 9.84 Å². The molecule has 0 bridgehead atoms. The van der Waals surface area contributed by atoms with Crippen LogP contribution in [0.5, 0.6) is 5.75 Å².